The van der Waals surface area contributed by atoms with Crippen molar-refractivity contribution in [2.75, 3.05) is 11.4 Å². The first-order valence-electron chi connectivity index (χ1n) is 5.32. The molecule has 0 aliphatic heterocycles. The van der Waals surface area contributed by atoms with Gasteiger partial charge in [-0.25, -0.2) is 8.42 Å². The van der Waals surface area contributed by atoms with Crippen LogP contribution in [-0.2, 0) is 10.0 Å². The number of anilines is 1. The lowest BCUT2D eigenvalue weighted by Crippen LogP contribution is -2.33. The Kier molecular flexibility index (Phi) is 3.63. The van der Waals surface area contributed by atoms with Crippen LogP contribution in [0.25, 0.3) is 0 Å². The quantitative estimate of drug-likeness (QED) is 0.815. The van der Waals surface area contributed by atoms with E-state index >= 15 is 0 Å². The summed E-state index contributed by atoms with van der Waals surface area (Å²) in [6.07, 6.45) is 0. The van der Waals surface area contributed by atoms with Crippen molar-refractivity contribution >= 4 is 15.7 Å². The predicted molar refractivity (Wildman–Crippen MR) is 68.4 cm³/mol. The number of benzene rings is 1. The molecular weight excluding hydrogens is 222 g/mol. The van der Waals surface area contributed by atoms with E-state index in [0.29, 0.717) is 0 Å². The van der Waals surface area contributed by atoms with E-state index in [-0.39, 0.29) is 0 Å². The summed E-state index contributed by atoms with van der Waals surface area (Å²) in [5, 5.41) is -0.404. The van der Waals surface area contributed by atoms with Crippen LogP contribution in [0, 0.1) is 13.8 Å². The van der Waals surface area contributed by atoms with Gasteiger partial charge in [-0.2, -0.15) is 0 Å². The lowest BCUT2D eigenvalue weighted by atomic mass is 10.1. The van der Waals surface area contributed by atoms with Gasteiger partial charge in [-0.1, -0.05) is 17.7 Å². The van der Waals surface area contributed by atoms with Crippen molar-refractivity contribution in [2.45, 2.75) is 32.9 Å². The summed E-state index contributed by atoms with van der Waals surface area (Å²) < 4.78 is 25.4. The van der Waals surface area contributed by atoms with Gasteiger partial charge in [0.25, 0.3) is 0 Å². The van der Waals surface area contributed by atoms with Gasteiger partial charge < -0.3 is 0 Å². The summed E-state index contributed by atoms with van der Waals surface area (Å²) in [4.78, 5) is 0. The van der Waals surface area contributed by atoms with Crippen LogP contribution in [-0.4, -0.2) is 20.7 Å². The molecule has 0 saturated heterocycles. The maximum atomic E-state index is 12.0. The highest BCUT2D eigenvalue weighted by Gasteiger charge is 2.23. The minimum atomic E-state index is -3.23. The first-order chi connectivity index (χ1) is 7.26. The van der Waals surface area contributed by atoms with E-state index in [1.165, 1.54) is 4.31 Å². The zero-order chi connectivity index (χ0) is 12.5. The Morgan fingerprint density at radius 1 is 1.19 bits per heavy atom. The number of aryl methyl sites for hydroxylation is 2. The largest absolute Gasteiger partial charge is 0.273 e. The maximum absolute atomic E-state index is 12.0. The van der Waals surface area contributed by atoms with Gasteiger partial charge in [0.2, 0.25) is 10.0 Å². The molecule has 1 aromatic rings. The van der Waals surface area contributed by atoms with Crippen LogP contribution in [0.1, 0.15) is 25.0 Å². The second-order valence-electron chi connectivity index (χ2n) is 4.35. The zero-order valence-corrected chi connectivity index (χ0v) is 11.3. The standard InChI is InChI=1S/C12H19NO2S/c1-9(2)16(14,15)13(5)12-7-6-10(3)8-11(12)4/h6-9H,1-5H3. The Morgan fingerprint density at radius 2 is 1.75 bits per heavy atom. The van der Waals surface area contributed by atoms with E-state index in [0.717, 1.165) is 16.8 Å². The average Bonchev–Trinajstić information content (AvgIpc) is 2.16. The Hall–Kier alpha value is -1.03. The third-order valence-corrected chi connectivity index (χ3v) is 4.82. The van der Waals surface area contributed by atoms with Crippen molar-refractivity contribution in [3.8, 4) is 0 Å². The summed E-state index contributed by atoms with van der Waals surface area (Å²) in [5.74, 6) is 0. The Labute approximate surface area is 98.1 Å². The molecule has 0 atom stereocenters. The number of nitrogens with zero attached hydrogens (tertiary/aromatic N) is 1. The number of hydrogen-bond donors (Lipinski definition) is 0. The molecule has 0 radical (unpaired) electrons. The van der Waals surface area contributed by atoms with Gasteiger partial charge in [-0.05, 0) is 39.3 Å². The molecule has 16 heavy (non-hydrogen) atoms. The Morgan fingerprint density at radius 3 is 2.19 bits per heavy atom. The van der Waals surface area contributed by atoms with Crippen LogP contribution in [0.5, 0.6) is 0 Å². The minimum Gasteiger partial charge on any atom is -0.273 e. The Bertz CT molecular complexity index is 478. The van der Waals surface area contributed by atoms with Crippen molar-refractivity contribution in [3.05, 3.63) is 29.3 Å². The molecule has 1 rings (SSSR count). The molecule has 0 aliphatic carbocycles. The third-order valence-electron chi connectivity index (χ3n) is 2.67. The molecule has 0 amide bonds. The highest BCUT2D eigenvalue weighted by atomic mass is 32.2. The second kappa shape index (κ2) is 4.45. The number of rotatable bonds is 3. The lowest BCUT2D eigenvalue weighted by Gasteiger charge is -2.23. The van der Waals surface area contributed by atoms with Crippen molar-refractivity contribution < 1.29 is 8.42 Å². The highest BCUT2D eigenvalue weighted by Crippen LogP contribution is 2.23. The van der Waals surface area contributed by atoms with Crippen LogP contribution in [0.15, 0.2) is 18.2 Å². The molecule has 90 valence electrons. The molecule has 4 heteroatoms. The van der Waals surface area contributed by atoms with Crippen LogP contribution < -0.4 is 4.31 Å². The fourth-order valence-corrected chi connectivity index (χ4v) is 2.72. The van der Waals surface area contributed by atoms with Gasteiger partial charge in [0.15, 0.2) is 0 Å². The number of hydrogen-bond acceptors (Lipinski definition) is 2. The summed E-state index contributed by atoms with van der Waals surface area (Å²) >= 11 is 0. The molecule has 3 nitrogen and oxygen atoms in total. The summed E-state index contributed by atoms with van der Waals surface area (Å²) in [6.45, 7) is 7.30. The normalized spacial score (nSPS) is 11.9. The molecule has 0 bridgehead atoms. The second-order valence-corrected chi connectivity index (χ2v) is 6.87. The molecule has 0 N–H and O–H groups in total. The van der Waals surface area contributed by atoms with Gasteiger partial charge in [-0.15, -0.1) is 0 Å². The van der Waals surface area contributed by atoms with Crippen LogP contribution in [0.2, 0.25) is 0 Å². The molecule has 0 aromatic heterocycles. The topological polar surface area (TPSA) is 37.4 Å². The minimum absolute atomic E-state index is 0.404. The van der Waals surface area contributed by atoms with Gasteiger partial charge >= 0.3 is 0 Å². The van der Waals surface area contributed by atoms with E-state index in [9.17, 15) is 8.42 Å². The first kappa shape index (κ1) is 13.0. The lowest BCUT2D eigenvalue weighted by molar-refractivity contribution is 0.585. The van der Waals surface area contributed by atoms with Crippen LogP contribution >= 0.6 is 0 Å². The van der Waals surface area contributed by atoms with E-state index in [1.54, 1.807) is 20.9 Å². The summed E-state index contributed by atoms with van der Waals surface area (Å²) in [7, 11) is -1.63. The zero-order valence-electron chi connectivity index (χ0n) is 10.5. The predicted octanol–water partition coefficient (Wildman–Crippen LogP) is 2.48. The van der Waals surface area contributed by atoms with Crippen molar-refractivity contribution in [1.29, 1.82) is 0 Å². The van der Waals surface area contributed by atoms with Gasteiger partial charge in [0, 0.05) is 7.05 Å². The van der Waals surface area contributed by atoms with E-state index in [4.69, 9.17) is 0 Å². The fourth-order valence-electron chi connectivity index (χ4n) is 1.61. The molecule has 0 spiro atoms. The Balaban J connectivity index is 3.20. The molecule has 0 fully saturated rings. The summed E-state index contributed by atoms with van der Waals surface area (Å²) in [5.41, 5.74) is 2.86. The average molecular weight is 241 g/mol. The molecule has 0 aliphatic rings. The molecule has 0 saturated carbocycles. The maximum Gasteiger partial charge on any atom is 0.237 e. The van der Waals surface area contributed by atoms with E-state index < -0.39 is 15.3 Å². The van der Waals surface area contributed by atoms with Crippen molar-refractivity contribution in [1.82, 2.24) is 0 Å². The summed E-state index contributed by atoms with van der Waals surface area (Å²) in [6, 6.07) is 5.76. The van der Waals surface area contributed by atoms with E-state index in [2.05, 4.69) is 0 Å². The van der Waals surface area contributed by atoms with Crippen LogP contribution in [0.3, 0.4) is 0 Å². The SMILES string of the molecule is Cc1ccc(N(C)S(=O)(=O)C(C)C)c(C)c1. The first-order valence-corrected chi connectivity index (χ1v) is 6.82. The molecular formula is C12H19NO2S. The van der Waals surface area contributed by atoms with Crippen LogP contribution in [0.4, 0.5) is 5.69 Å². The third kappa shape index (κ3) is 2.38. The van der Waals surface area contributed by atoms with Crippen molar-refractivity contribution in [3.63, 3.8) is 0 Å². The van der Waals surface area contributed by atoms with Gasteiger partial charge in [-0.3, -0.25) is 4.31 Å². The van der Waals surface area contributed by atoms with Crippen molar-refractivity contribution in [2.24, 2.45) is 0 Å². The molecule has 0 heterocycles. The van der Waals surface area contributed by atoms with E-state index in [1.807, 2.05) is 32.0 Å². The fraction of sp³-hybridized carbons (Fsp3) is 0.500. The molecule has 1 aromatic carbocycles. The smallest absolute Gasteiger partial charge is 0.237 e. The number of sulfonamides is 1. The monoisotopic (exact) mass is 241 g/mol. The molecule has 0 unspecified atom stereocenters. The van der Waals surface area contributed by atoms with Gasteiger partial charge in [0.1, 0.15) is 0 Å². The van der Waals surface area contributed by atoms with Gasteiger partial charge in [0.05, 0.1) is 10.9 Å². The highest BCUT2D eigenvalue weighted by molar-refractivity contribution is 7.93.